The molecule has 1 fully saturated rings. The van der Waals surface area contributed by atoms with Gasteiger partial charge in [-0.15, -0.1) is 0 Å². The number of carbonyl (C=O) groups is 3. The highest BCUT2D eigenvalue weighted by molar-refractivity contribution is 5.98. The van der Waals surface area contributed by atoms with Crippen molar-refractivity contribution in [2.75, 3.05) is 13.1 Å². The van der Waals surface area contributed by atoms with E-state index in [-0.39, 0.29) is 23.0 Å². The zero-order chi connectivity index (χ0) is 23.7. The number of nitrogens with zero attached hydrogens (tertiary/aromatic N) is 2. The topological polar surface area (TPSA) is 99.8 Å². The van der Waals surface area contributed by atoms with Crippen LogP contribution in [0.4, 0.5) is 0 Å². The van der Waals surface area contributed by atoms with Crippen molar-refractivity contribution >= 4 is 17.8 Å². The fraction of sp³-hybridized carbons (Fsp3) is 0.269. The number of hydrogen-bond acceptors (Lipinski definition) is 3. The molecule has 7 heteroatoms. The minimum atomic E-state index is -1.04. The normalized spacial score (nSPS) is 15.9. The largest absolute Gasteiger partial charge is 0.478 e. The molecule has 0 unspecified atom stereocenters. The van der Waals surface area contributed by atoms with E-state index >= 15 is 0 Å². The van der Waals surface area contributed by atoms with Crippen molar-refractivity contribution in [2.24, 2.45) is 0 Å². The molecule has 2 N–H and O–H groups in total. The van der Waals surface area contributed by atoms with Crippen molar-refractivity contribution in [3.63, 3.8) is 0 Å². The Morgan fingerprint density at radius 3 is 2.09 bits per heavy atom. The van der Waals surface area contributed by atoms with E-state index in [2.05, 4.69) is 0 Å². The molecule has 1 aliphatic heterocycles. The van der Waals surface area contributed by atoms with E-state index in [1.165, 1.54) is 6.07 Å². The van der Waals surface area contributed by atoms with Crippen molar-refractivity contribution in [2.45, 2.75) is 32.6 Å². The molecule has 0 spiro atoms. The van der Waals surface area contributed by atoms with E-state index in [0.717, 1.165) is 29.8 Å². The van der Waals surface area contributed by atoms with Crippen molar-refractivity contribution in [1.82, 2.24) is 9.47 Å². The number of carboxylic acid groups (broad SMARTS) is 2. The Morgan fingerprint density at radius 1 is 0.848 bits per heavy atom. The molecule has 2 heterocycles. The maximum Gasteiger partial charge on any atom is 0.337 e. The van der Waals surface area contributed by atoms with Gasteiger partial charge in [-0.3, -0.25) is 4.79 Å². The van der Waals surface area contributed by atoms with Crippen LogP contribution in [0, 0.1) is 13.8 Å². The molecule has 1 aliphatic rings. The summed E-state index contributed by atoms with van der Waals surface area (Å²) in [4.78, 5) is 38.1. The third kappa shape index (κ3) is 4.39. The van der Waals surface area contributed by atoms with Gasteiger partial charge in [-0.25, -0.2) is 9.59 Å². The number of aromatic nitrogens is 1. The highest BCUT2D eigenvalue weighted by atomic mass is 16.4. The predicted molar refractivity (Wildman–Crippen MR) is 123 cm³/mol. The second-order valence-electron chi connectivity index (χ2n) is 8.51. The summed E-state index contributed by atoms with van der Waals surface area (Å²) in [7, 11) is 0. The lowest BCUT2D eigenvalue weighted by molar-refractivity contribution is 0.0684. The monoisotopic (exact) mass is 446 g/mol. The molecular formula is C26H26N2O5. The molecular weight excluding hydrogens is 420 g/mol. The van der Waals surface area contributed by atoms with Gasteiger partial charge in [0, 0.05) is 36.0 Å². The summed E-state index contributed by atoms with van der Waals surface area (Å²) in [5, 5.41) is 18.8. The maximum absolute atomic E-state index is 13.4. The van der Waals surface area contributed by atoms with Crippen LogP contribution in [0.25, 0.3) is 5.69 Å². The fourth-order valence-corrected chi connectivity index (χ4v) is 4.59. The summed E-state index contributed by atoms with van der Waals surface area (Å²) in [6.07, 6.45) is 1.76. The summed E-state index contributed by atoms with van der Waals surface area (Å²) in [5.41, 5.74) is 4.10. The number of aryl methyl sites for hydroxylation is 2. The fourth-order valence-electron chi connectivity index (χ4n) is 4.59. The van der Waals surface area contributed by atoms with Gasteiger partial charge in [0.25, 0.3) is 5.91 Å². The van der Waals surface area contributed by atoms with Gasteiger partial charge in [0.15, 0.2) is 0 Å². The lowest BCUT2D eigenvalue weighted by atomic mass is 9.89. The van der Waals surface area contributed by atoms with Crippen LogP contribution in [0.2, 0.25) is 0 Å². The standard InChI is InChI=1S/C26H26N2O5/c1-16-5-6-17(2)28(16)23-14-20(11-12-22(23)26(32)33)24(29)27-13-3-4-21(15-27)18-7-9-19(10-8-18)25(30)31/h5-12,14,21H,3-4,13,15H2,1-2H3,(H,30,31)(H,32,33)/t21-/m1/s1. The second-order valence-corrected chi connectivity index (χ2v) is 8.51. The Bertz CT molecular complexity index is 1210. The molecule has 1 atom stereocenters. The first-order chi connectivity index (χ1) is 15.8. The Hall–Kier alpha value is -3.87. The molecule has 1 saturated heterocycles. The highest BCUT2D eigenvalue weighted by Gasteiger charge is 2.27. The van der Waals surface area contributed by atoms with Crippen molar-refractivity contribution in [3.05, 3.63) is 88.2 Å². The minimum absolute atomic E-state index is 0.122. The summed E-state index contributed by atoms with van der Waals surface area (Å²) in [6.45, 7) is 4.96. The molecule has 0 saturated carbocycles. The van der Waals surface area contributed by atoms with Crippen LogP contribution in [-0.2, 0) is 0 Å². The van der Waals surface area contributed by atoms with Gasteiger partial charge < -0.3 is 19.7 Å². The summed E-state index contributed by atoms with van der Waals surface area (Å²) in [5.74, 6) is -2.02. The average Bonchev–Trinajstić information content (AvgIpc) is 3.15. The Labute approximate surface area is 191 Å². The van der Waals surface area contributed by atoms with Crippen LogP contribution in [0.3, 0.4) is 0 Å². The van der Waals surface area contributed by atoms with E-state index in [9.17, 15) is 19.5 Å². The summed E-state index contributed by atoms with van der Waals surface area (Å²) < 4.78 is 1.85. The number of benzene rings is 2. The van der Waals surface area contributed by atoms with E-state index < -0.39 is 11.9 Å². The molecule has 33 heavy (non-hydrogen) atoms. The SMILES string of the molecule is Cc1ccc(C)n1-c1cc(C(=O)N2CCC[C@@H](c3ccc(C(=O)O)cc3)C2)ccc1C(=O)O. The Balaban J connectivity index is 1.61. The number of carboxylic acids is 2. The first-order valence-corrected chi connectivity index (χ1v) is 10.9. The molecule has 1 aromatic heterocycles. The lowest BCUT2D eigenvalue weighted by Crippen LogP contribution is -2.39. The molecule has 0 bridgehead atoms. The van der Waals surface area contributed by atoms with Gasteiger partial charge in [0.05, 0.1) is 16.8 Å². The Morgan fingerprint density at radius 2 is 1.48 bits per heavy atom. The highest BCUT2D eigenvalue weighted by Crippen LogP contribution is 2.29. The van der Waals surface area contributed by atoms with Crippen LogP contribution in [0.15, 0.2) is 54.6 Å². The Kier molecular flexibility index (Phi) is 6.05. The van der Waals surface area contributed by atoms with Gasteiger partial charge in [0.2, 0.25) is 0 Å². The van der Waals surface area contributed by atoms with Crippen molar-refractivity contribution < 1.29 is 24.6 Å². The number of rotatable bonds is 5. The number of amides is 1. The van der Waals surface area contributed by atoms with Gasteiger partial charge >= 0.3 is 11.9 Å². The molecule has 0 aliphatic carbocycles. The number of piperidine rings is 1. The van der Waals surface area contributed by atoms with Crippen LogP contribution >= 0.6 is 0 Å². The number of aromatic carboxylic acids is 2. The zero-order valence-electron chi connectivity index (χ0n) is 18.6. The predicted octanol–water partition coefficient (Wildman–Crippen LogP) is 4.51. The van der Waals surface area contributed by atoms with Crippen LogP contribution in [0.1, 0.15) is 66.8 Å². The van der Waals surface area contributed by atoms with Crippen LogP contribution in [0.5, 0.6) is 0 Å². The van der Waals surface area contributed by atoms with Crippen LogP contribution in [-0.4, -0.2) is 50.6 Å². The second kappa shape index (κ2) is 8.94. The first kappa shape index (κ1) is 22.3. The molecule has 1 amide bonds. The number of hydrogen-bond donors (Lipinski definition) is 2. The molecule has 3 aromatic rings. The average molecular weight is 447 g/mol. The van der Waals surface area contributed by atoms with Crippen LogP contribution < -0.4 is 0 Å². The van der Waals surface area contributed by atoms with Gasteiger partial charge in [0.1, 0.15) is 0 Å². The number of likely N-dealkylation sites (tertiary alicyclic amines) is 1. The quantitative estimate of drug-likeness (QED) is 0.601. The summed E-state index contributed by atoms with van der Waals surface area (Å²) in [6, 6.07) is 15.4. The van der Waals surface area contributed by atoms with E-state index in [1.807, 2.05) is 42.7 Å². The molecule has 0 radical (unpaired) electrons. The van der Waals surface area contributed by atoms with Gasteiger partial charge in [-0.2, -0.15) is 0 Å². The lowest BCUT2D eigenvalue weighted by Gasteiger charge is -2.33. The zero-order valence-corrected chi connectivity index (χ0v) is 18.6. The van der Waals surface area contributed by atoms with Crippen molar-refractivity contribution in [1.29, 1.82) is 0 Å². The maximum atomic E-state index is 13.4. The van der Waals surface area contributed by atoms with Crippen molar-refractivity contribution in [3.8, 4) is 5.69 Å². The van der Waals surface area contributed by atoms with Gasteiger partial charge in [-0.05, 0) is 74.7 Å². The van der Waals surface area contributed by atoms with E-state index in [1.54, 1.807) is 29.2 Å². The summed E-state index contributed by atoms with van der Waals surface area (Å²) >= 11 is 0. The first-order valence-electron chi connectivity index (χ1n) is 10.9. The molecule has 4 rings (SSSR count). The van der Waals surface area contributed by atoms with E-state index in [4.69, 9.17) is 5.11 Å². The third-order valence-corrected chi connectivity index (χ3v) is 6.32. The molecule has 2 aromatic carbocycles. The number of carbonyl (C=O) groups excluding carboxylic acids is 1. The third-order valence-electron chi connectivity index (χ3n) is 6.32. The molecule has 7 nitrogen and oxygen atoms in total. The minimum Gasteiger partial charge on any atom is -0.478 e. The molecule has 170 valence electrons. The van der Waals surface area contributed by atoms with Gasteiger partial charge in [-0.1, -0.05) is 12.1 Å². The smallest absolute Gasteiger partial charge is 0.337 e. The van der Waals surface area contributed by atoms with E-state index in [0.29, 0.717) is 24.3 Å².